The van der Waals surface area contributed by atoms with Crippen molar-refractivity contribution in [2.75, 3.05) is 25.2 Å². The number of piperidine rings is 1. The summed E-state index contributed by atoms with van der Waals surface area (Å²) in [6.07, 6.45) is 7.90. The highest BCUT2D eigenvalue weighted by atomic mass is 16.7. The fourth-order valence-electron chi connectivity index (χ4n) is 4.70. The molecule has 1 atom stereocenters. The van der Waals surface area contributed by atoms with Crippen LogP contribution in [-0.4, -0.2) is 36.6 Å². The van der Waals surface area contributed by atoms with Crippen molar-refractivity contribution in [3.8, 4) is 11.5 Å². The van der Waals surface area contributed by atoms with Crippen LogP contribution in [-0.2, 0) is 9.59 Å². The second-order valence-electron chi connectivity index (χ2n) is 8.09. The lowest BCUT2D eigenvalue weighted by Crippen LogP contribution is -2.40. The third-order valence-corrected chi connectivity index (χ3v) is 6.51. The first-order valence-electron chi connectivity index (χ1n) is 9.83. The van der Waals surface area contributed by atoms with Crippen LogP contribution in [0.4, 0.5) is 5.69 Å². The number of likely N-dealkylation sites (tertiary alicyclic amines) is 1. The molecule has 0 unspecified atom stereocenters. The molecule has 27 heavy (non-hydrogen) atoms. The van der Waals surface area contributed by atoms with Crippen LogP contribution in [0.25, 0.3) is 0 Å². The molecule has 2 amide bonds. The van der Waals surface area contributed by atoms with Crippen molar-refractivity contribution < 1.29 is 19.1 Å². The van der Waals surface area contributed by atoms with Crippen LogP contribution >= 0.6 is 0 Å². The summed E-state index contributed by atoms with van der Waals surface area (Å²) in [6, 6.07) is 5.48. The largest absolute Gasteiger partial charge is 0.454 e. The molecule has 1 saturated carbocycles. The van der Waals surface area contributed by atoms with Crippen LogP contribution in [0.5, 0.6) is 11.5 Å². The standard InChI is InChI=1S/C21H24N2O4/c24-19(22-15-5-6-17-18(11-15)27-13-26-17)16-12-21(16)7-9-23(10-8-21)20(25)14-3-1-2-4-14/h3,5-6,11,16H,1-2,4,7-10,12-13H2,(H,22,24)/t16-/m0/s1. The summed E-state index contributed by atoms with van der Waals surface area (Å²) in [4.78, 5) is 27.2. The smallest absolute Gasteiger partial charge is 0.249 e. The summed E-state index contributed by atoms with van der Waals surface area (Å²) in [5.74, 6) is 1.72. The molecule has 5 rings (SSSR count). The minimum Gasteiger partial charge on any atom is -0.454 e. The van der Waals surface area contributed by atoms with Crippen molar-refractivity contribution in [3.63, 3.8) is 0 Å². The number of anilines is 1. The minimum absolute atomic E-state index is 0.0471. The Kier molecular flexibility index (Phi) is 3.88. The van der Waals surface area contributed by atoms with Gasteiger partial charge in [-0.05, 0) is 56.1 Å². The van der Waals surface area contributed by atoms with Gasteiger partial charge in [0.05, 0.1) is 0 Å². The van der Waals surface area contributed by atoms with E-state index in [0.29, 0.717) is 11.5 Å². The highest BCUT2D eigenvalue weighted by Gasteiger charge is 2.58. The highest BCUT2D eigenvalue weighted by Crippen LogP contribution is 2.59. The summed E-state index contributed by atoms with van der Waals surface area (Å²) in [7, 11) is 0. The predicted molar refractivity (Wildman–Crippen MR) is 99.5 cm³/mol. The SMILES string of the molecule is O=C(Nc1ccc2c(c1)OCO2)[C@@H]1CC12CCN(C(=O)C1=CCCC1)CC2. The van der Waals surface area contributed by atoms with Crippen molar-refractivity contribution in [2.45, 2.75) is 38.5 Å². The molecule has 1 aromatic rings. The van der Waals surface area contributed by atoms with Gasteiger partial charge in [0, 0.05) is 36.3 Å². The van der Waals surface area contributed by atoms with E-state index in [1.165, 1.54) is 0 Å². The number of hydrogen-bond acceptors (Lipinski definition) is 4. The van der Waals surface area contributed by atoms with E-state index in [2.05, 4.69) is 11.4 Å². The average molecular weight is 368 g/mol. The topological polar surface area (TPSA) is 67.9 Å². The molecule has 1 saturated heterocycles. The molecule has 2 fully saturated rings. The molecule has 1 spiro atoms. The maximum atomic E-state index is 12.7. The Balaban J connectivity index is 1.17. The fourth-order valence-corrected chi connectivity index (χ4v) is 4.70. The van der Waals surface area contributed by atoms with Crippen molar-refractivity contribution in [2.24, 2.45) is 11.3 Å². The molecule has 6 nitrogen and oxygen atoms in total. The van der Waals surface area contributed by atoms with E-state index >= 15 is 0 Å². The number of ether oxygens (including phenoxy) is 2. The van der Waals surface area contributed by atoms with E-state index in [9.17, 15) is 9.59 Å². The van der Waals surface area contributed by atoms with Gasteiger partial charge in [-0.15, -0.1) is 0 Å². The molecule has 1 aromatic carbocycles. The van der Waals surface area contributed by atoms with Gasteiger partial charge in [-0.3, -0.25) is 9.59 Å². The zero-order chi connectivity index (χ0) is 18.4. The Hall–Kier alpha value is -2.50. The van der Waals surface area contributed by atoms with Gasteiger partial charge in [-0.2, -0.15) is 0 Å². The van der Waals surface area contributed by atoms with Crippen molar-refractivity contribution >= 4 is 17.5 Å². The lowest BCUT2D eigenvalue weighted by molar-refractivity contribution is -0.128. The van der Waals surface area contributed by atoms with Gasteiger partial charge < -0.3 is 19.7 Å². The Morgan fingerprint density at radius 1 is 1.15 bits per heavy atom. The van der Waals surface area contributed by atoms with Crippen molar-refractivity contribution in [3.05, 3.63) is 29.8 Å². The van der Waals surface area contributed by atoms with Gasteiger partial charge in [-0.1, -0.05) is 6.08 Å². The van der Waals surface area contributed by atoms with E-state index in [-0.39, 0.29) is 29.9 Å². The van der Waals surface area contributed by atoms with E-state index in [4.69, 9.17) is 9.47 Å². The number of allylic oxidation sites excluding steroid dienone is 1. The second kappa shape index (κ2) is 6.29. The molecule has 0 radical (unpaired) electrons. The van der Waals surface area contributed by atoms with Crippen molar-refractivity contribution in [1.82, 2.24) is 4.90 Å². The van der Waals surface area contributed by atoms with Gasteiger partial charge >= 0.3 is 0 Å². The Bertz CT molecular complexity index is 823. The highest BCUT2D eigenvalue weighted by molar-refractivity contribution is 5.96. The number of fused-ring (bicyclic) bond motifs is 1. The van der Waals surface area contributed by atoms with Gasteiger partial charge in [0.1, 0.15) is 0 Å². The molecule has 4 aliphatic rings. The Morgan fingerprint density at radius 3 is 2.74 bits per heavy atom. The quantitative estimate of drug-likeness (QED) is 0.890. The maximum Gasteiger partial charge on any atom is 0.249 e. The van der Waals surface area contributed by atoms with Crippen LogP contribution in [0, 0.1) is 11.3 Å². The molecule has 2 aliphatic carbocycles. The number of nitrogens with one attached hydrogen (secondary N) is 1. The molecular formula is C21H24N2O4. The zero-order valence-electron chi connectivity index (χ0n) is 15.3. The predicted octanol–water partition coefficient (Wildman–Crippen LogP) is 3.09. The molecule has 142 valence electrons. The van der Waals surface area contributed by atoms with E-state index in [0.717, 1.165) is 62.9 Å². The molecule has 2 heterocycles. The van der Waals surface area contributed by atoms with Crippen molar-refractivity contribution in [1.29, 1.82) is 0 Å². The Labute approximate surface area is 158 Å². The van der Waals surface area contributed by atoms with Crippen LogP contribution in [0.15, 0.2) is 29.8 Å². The second-order valence-corrected chi connectivity index (χ2v) is 8.09. The lowest BCUT2D eigenvalue weighted by Gasteiger charge is -2.33. The normalized spacial score (nSPS) is 24.7. The van der Waals surface area contributed by atoms with Gasteiger partial charge in [0.2, 0.25) is 18.6 Å². The molecule has 0 aromatic heterocycles. The van der Waals surface area contributed by atoms with E-state index in [1.54, 1.807) is 0 Å². The Morgan fingerprint density at radius 2 is 1.96 bits per heavy atom. The lowest BCUT2D eigenvalue weighted by atomic mass is 9.90. The summed E-state index contributed by atoms with van der Waals surface area (Å²) in [6.45, 7) is 1.76. The third kappa shape index (κ3) is 2.97. The summed E-state index contributed by atoms with van der Waals surface area (Å²) < 4.78 is 10.7. The van der Waals surface area contributed by atoms with Crippen LogP contribution in [0.1, 0.15) is 38.5 Å². The number of carbonyl (C=O) groups is 2. The number of benzene rings is 1. The number of carbonyl (C=O) groups excluding carboxylic acids is 2. The average Bonchev–Trinajstić information content (AvgIpc) is 3.09. The monoisotopic (exact) mass is 368 g/mol. The number of hydrogen-bond donors (Lipinski definition) is 1. The number of amides is 2. The minimum atomic E-state index is 0.0471. The molecule has 2 aliphatic heterocycles. The summed E-state index contributed by atoms with van der Waals surface area (Å²) in [5.41, 5.74) is 1.81. The van der Waals surface area contributed by atoms with E-state index < -0.39 is 0 Å². The van der Waals surface area contributed by atoms with Gasteiger partial charge in [0.25, 0.3) is 0 Å². The zero-order valence-corrected chi connectivity index (χ0v) is 15.3. The molecular weight excluding hydrogens is 344 g/mol. The third-order valence-electron chi connectivity index (χ3n) is 6.51. The first kappa shape index (κ1) is 16.7. The number of rotatable bonds is 3. The molecule has 0 bridgehead atoms. The molecule has 6 heteroatoms. The van der Waals surface area contributed by atoms with Crippen LogP contribution in [0.3, 0.4) is 0 Å². The first-order valence-corrected chi connectivity index (χ1v) is 9.83. The van der Waals surface area contributed by atoms with Crippen LogP contribution in [0.2, 0.25) is 0 Å². The molecule has 1 N–H and O–H groups in total. The first-order chi connectivity index (χ1) is 13.1. The summed E-state index contributed by atoms with van der Waals surface area (Å²) >= 11 is 0. The fraction of sp³-hybridized carbons (Fsp3) is 0.524. The van der Waals surface area contributed by atoms with E-state index in [1.807, 2.05) is 23.1 Å². The van der Waals surface area contributed by atoms with Gasteiger partial charge in [-0.25, -0.2) is 0 Å². The number of nitrogens with zero attached hydrogens (tertiary/aromatic N) is 1. The van der Waals surface area contributed by atoms with Gasteiger partial charge in [0.15, 0.2) is 11.5 Å². The maximum absolute atomic E-state index is 12.7. The van der Waals surface area contributed by atoms with Crippen LogP contribution < -0.4 is 14.8 Å². The summed E-state index contributed by atoms with van der Waals surface area (Å²) in [5, 5.41) is 3.02.